The smallest absolute Gasteiger partial charge is 0.157 e. The highest BCUT2D eigenvalue weighted by atomic mass is 19.1. The summed E-state index contributed by atoms with van der Waals surface area (Å²) in [4.78, 5) is 1.95. The molecule has 3 nitrogen and oxygen atoms in total. The van der Waals surface area contributed by atoms with Gasteiger partial charge in [-0.15, -0.1) is 5.11 Å². The maximum absolute atomic E-state index is 14.2. The van der Waals surface area contributed by atoms with E-state index in [4.69, 9.17) is 0 Å². The number of rotatable bonds is 4. The van der Waals surface area contributed by atoms with Crippen molar-refractivity contribution in [3.63, 3.8) is 0 Å². The summed E-state index contributed by atoms with van der Waals surface area (Å²) in [5.41, 5.74) is 2.04. The Labute approximate surface area is 129 Å². The van der Waals surface area contributed by atoms with E-state index in [2.05, 4.69) is 10.2 Å². The molecular formula is C17H19F2N3. The Hall–Kier alpha value is -2.30. The number of hydrogen-bond acceptors (Lipinski definition) is 3. The first kappa shape index (κ1) is 16.1. The topological polar surface area (TPSA) is 28.0 Å². The lowest BCUT2D eigenvalue weighted by Gasteiger charge is -2.11. The summed E-state index contributed by atoms with van der Waals surface area (Å²) in [6, 6.07) is 8.76. The maximum Gasteiger partial charge on any atom is 0.157 e. The molecule has 116 valence electrons. The summed E-state index contributed by atoms with van der Waals surface area (Å²) in [6.07, 6.45) is 0.479. The molecule has 0 amide bonds. The normalized spacial score (nSPS) is 11.2. The van der Waals surface area contributed by atoms with Crippen LogP contribution in [0.3, 0.4) is 0 Å². The van der Waals surface area contributed by atoms with E-state index in [1.54, 1.807) is 19.1 Å². The Morgan fingerprint density at radius 2 is 1.64 bits per heavy atom. The summed E-state index contributed by atoms with van der Waals surface area (Å²) in [5.74, 6) is -1.30. The van der Waals surface area contributed by atoms with Gasteiger partial charge >= 0.3 is 0 Å². The van der Waals surface area contributed by atoms with Crippen LogP contribution < -0.4 is 4.90 Å². The van der Waals surface area contributed by atoms with Crippen LogP contribution in [0.1, 0.15) is 18.1 Å². The fraction of sp³-hybridized carbons (Fsp3) is 0.294. The maximum atomic E-state index is 14.2. The van der Waals surface area contributed by atoms with Crippen molar-refractivity contribution in [2.45, 2.75) is 20.3 Å². The predicted molar refractivity (Wildman–Crippen MR) is 85.4 cm³/mol. The molecule has 0 N–H and O–H groups in total. The Kier molecular flexibility index (Phi) is 4.85. The van der Waals surface area contributed by atoms with E-state index in [0.29, 0.717) is 23.2 Å². The van der Waals surface area contributed by atoms with Gasteiger partial charge in [0.2, 0.25) is 0 Å². The standard InChI is InChI=1S/C17H19F2N3/c1-5-12-10-11(2)15(18)17(16(12)19)21-20-13-6-8-14(9-7-13)22(3)4/h6-10H,5H2,1-4H3/b21-20+. The van der Waals surface area contributed by atoms with E-state index in [1.165, 1.54) is 6.07 Å². The Morgan fingerprint density at radius 1 is 1.00 bits per heavy atom. The van der Waals surface area contributed by atoms with E-state index in [0.717, 1.165) is 5.69 Å². The second-order valence-electron chi connectivity index (χ2n) is 5.29. The number of aryl methyl sites for hydroxylation is 2. The third-order valence-electron chi connectivity index (χ3n) is 3.45. The van der Waals surface area contributed by atoms with Crippen molar-refractivity contribution in [2.24, 2.45) is 10.2 Å². The van der Waals surface area contributed by atoms with Crippen LogP contribution in [-0.4, -0.2) is 14.1 Å². The van der Waals surface area contributed by atoms with Gasteiger partial charge in [-0.25, -0.2) is 8.78 Å². The minimum Gasteiger partial charge on any atom is -0.378 e. The second kappa shape index (κ2) is 6.64. The van der Waals surface area contributed by atoms with Crippen LogP contribution in [-0.2, 0) is 6.42 Å². The molecule has 2 aromatic carbocycles. The molecule has 2 aromatic rings. The Morgan fingerprint density at radius 3 is 2.18 bits per heavy atom. The predicted octanol–water partition coefficient (Wildman–Crippen LogP) is 5.32. The number of halogens is 2. The first-order chi connectivity index (χ1) is 10.4. The summed E-state index contributed by atoms with van der Waals surface area (Å²) in [6.45, 7) is 3.41. The molecule has 0 spiro atoms. The van der Waals surface area contributed by atoms with Crippen molar-refractivity contribution in [1.29, 1.82) is 0 Å². The van der Waals surface area contributed by atoms with E-state index in [1.807, 2.05) is 38.1 Å². The van der Waals surface area contributed by atoms with Crippen LogP contribution in [0.4, 0.5) is 25.8 Å². The van der Waals surface area contributed by atoms with Crippen LogP contribution in [0.2, 0.25) is 0 Å². The fourth-order valence-electron chi connectivity index (χ4n) is 2.09. The molecule has 2 rings (SSSR count). The SMILES string of the molecule is CCc1cc(C)c(F)c(/N=N/c2ccc(N(C)C)cc2)c1F. The zero-order chi connectivity index (χ0) is 16.3. The third-order valence-corrected chi connectivity index (χ3v) is 3.45. The fourth-order valence-corrected chi connectivity index (χ4v) is 2.09. The molecule has 0 fully saturated rings. The summed E-state index contributed by atoms with van der Waals surface area (Å²) in [7, 11) is 3.86. The molecule has 0 unspecified atom stereocenters. The third kappa shape index (κ3) is 3.30. The highest BCUT2D eigenvalue weighted by Gasteiger charge is 2.15. The van der Waals surface area contributed by atoms with E-state index >= 15 is 0 Å². The zero-order valence-corrected chi connectivity index (χ0v) is 13.2. The molecule has 0 atom stereocenters. The number of nitrogens with zero attached hydrogens (tertiary/aromatic N) is 3. The average molecular weight is 303 g/mol. The van der Waals surface area contributed by atoms with Gasteiger partial charge in [0.25, 0.3) is 0 Å². The highest BCUT2D eigenvalue weighted by molar-refractivity contribution is 5.52. The molecule has 5 heteroatoms. The van der Waals surface area contributed by atoms with Crippen molar-refractivity contribution >= 4 is 17.1 Å². The minimum atomic E-state index is -0.664. The van der Waals surface area contributed by atoms with E-state index < -0.39 is 11.6 Å². The molecule has 0 bridgehead atoms. The van der Waals surface area contributed by atoms with Gasteiger partial charge in [-0.1, -0.05) is 13.0 Å². The number of benzene rings is 2. The van der Waals surface area contributed by atoms with Gasteiger partial charge < -0.3 is 4.90 Å². The Bertz CT molecular complexity index is 692. The molecule has 0 aliphatic heterocycles. The molecule has 0 aliphatic carbocycles. The van der Waals surface area contributed by atoms with Gasteiger partial charge in [0, 0.05) is 19.8 Å². The molecule has 0 radical (unpaired) electrons. The van der Waals surface area contributed by atoms with Gasteiger partial charge in [0.05, 0.1) is 5.69 Å². The van der Waals surface area contributed by atoms with Gasteiger partial charge in [-0.05, 0) is 48.7 Å². The van der Waals surface area contributed by atoms with Gasteiger partial charge in [-0.3, -0.25) is 0 Å². The van der Waals surface area contributed by atoms with Crippen LogP contribution in [0.15, 0.2) is 40.6 Å². The number of hydrogen-bond donors (Lipinski definition) is 0. The molecule has 0 aromatic heterocycles. The molecule has 0 aliphatic rings. The van der Waals surface area contributed by atoms with Crippen molar-refractivity contribution in [3.05, 3.63) is 53.1 Å². The van der Waals surface area contributed by atoms with Crippen LogP contribution in [0.25, 0.3) is 0 Å². The van der Waals surface area contributed by atoms with Gasteiger partial charge in [0.1, 0.15) is 0 Å². The summed E-state index contributed by atoms with van der Waals surface area (Å²) >= 11 is 0. The first-order valence-corrected chi connectivity index (χ1v) is 7.10. The lowest BCUT2D eigenvalue weighted by molar-refractivity contribution is 0.570. The minimum absolute atomic E-state index is 0.325. The summed E-state index contributed by atoms with van der Waals surface area (Å²) in [5, 5.41) is 7.72. The Balaban J connectivity index is 2.35. The monoisotopic (exact) mass is 303 g/mol. The van der Waals surface area contributed by atoms with Crippen molar-refractivity contribution in [1.82, 2.24) is 0 Å². The van der Waals surface area contributed by atoms with Crippen LogP contribution >= 0.6 is 0 Å². The quantitative estimate of drug-likeness (QED) is 0.703. The number of anilines is 1. The molecule has 0 saturated carbocycles. The van der Waals surface area contributed by atoms with Crippen molar-refractivity contribution in [3.8, 4) is 0 Å². The largest absolute Gasteiger partial charge is 0.378 e. The van der Waals surface area contributed by atoms with Crippen molar-refractivity contribution < 1.29 is 8.78 Å². The molecule has 0 heterocycles. The highest BCUT2D eigenvalue weighted by Crippen LogP contribution is 2.30. The van der Waals surface area contributed by atoms with E-state index in [-0.39, 0.29) is 5.69 Å². The van der Waals surface area contributed by atoms with Crippen molar-refractivity contribution in [2.75, 3.05) is 19.0 Å². The molecular weight excluding hydrogens is 284 g/mol. The average Bonchev–Trinajstić information content (AvgIpc) is 2.51. The van der Waals surface area contributed by atoms with Gasteiger partial charge in [0.15, 0.2) is 17.3 Å². The second-order valence-corrected chi connectivity index (χ2v) is 5.29. The van der Waals surface area contributed by atoms with Crippen LogP contribution in [0.5, 0.6) is 0 Å². The van der Waals surface area contributed by atoms with Gasteiger partial charge in [-0.2, -0.15) is 5.11 Å². The molecule has 0 saturated heterocycles. The number of azo groups is 1. The first-order valence-electron chi connectivity index (χ1n) is 7.10. The lowest BCUT2D eigenvalue weighted by atomic mass is 10.1. The van der Waals surface area contributed by atoms with Crippen LogP contribution in [0, 0.1) is 18.6 Å². The lowest BCUT2D eigenvalue weighted by Crippen LogP contribution is -2.07. The van der Waals surface area contributed by atoms with E-state index in [9.17, 15) is 8.78 Å². The summed E-state index contributed by atoms with van der Waals surface area (Å²) < 4.78 is 28.2. The zero-order valence-electron chi connectivity index (χ0n) is 13.2. The molecule has 22 heavy (non-hydrogen) atoms.